The number of rotatable bonds is 6. The maximum atomic E-state index is 12.4. The van der Waals surface area contributed by atoms with Gasteiger partial charge < -0.3 is 14.6 Å². The number of allylic oxidation sites excluding steroid dienone is 3. The largest absolute Gasteiger partial charge is 0.462 e. The Kier molecular flexibility index (Phi) is 6.97. The van der Waals surface area contributed by atoms with E-state index in [1.807, 2.05) is 13.8 Å². The number of carbonyl (C=O) groups excluding carboxylic acids is 2. The van der Waals surface area contributed by atoms with E-state index in [0.29, 0.717) is 18.3 Å². The molecule has 5 nitrogen and oxygen atoms in total. The first-order valence-electron chi connectivity index (χ1n) is 10.8. The number of aliphatic hydroxyl groups excluding tert-OH is 1. The molecule has 0 aromatic carbocycles. The summed E-state index contributed by atoms with van der Waals surface area (Å²) in [6.45, 7) is 6.14. The average molecular weight is 391 g/mol. The maximum absolute atomic E-state index is 12.4. The first-order valence-corrected chi connectivity index (χ1v) is 10.8. The van der Waals surface area contributed by atoms with Gasteiger partial charge in [0.15, 0.2) is 0 Å². The van der Waals surface area contributed by atoms with Crippen molar-refractivity contribution in [3.8, 4) is 0 Å². The summed E-state index contributed by atoms with van der Waals surface area (Å²) in [5, 5.41) is 9.86. The molecule has 28 heavy (non-hydrogen) atoms. The van der Waals surface area contributed by atoms with Crippen LogP contribution in [0.3, 0.4) is 0 Å². The van der Waals surface area contributed by atoms with Crippen LogP contribution in [-0.4, -0.2) is 35.4 Å². The van der Waals surface area contributed by atoms with Crippen LogP contribution in [0.4, 0.5) is 0 Å². The molecule has 0 amide bonds. The number of ether oxygens (including phenoxy) is 2. The average Bonchev–Trinajstić information content (AvgIpc) is 2.66. The topological polar surface area (TPSA) is 72.8 Å². The molecule has 1 aliphatic heterocycles. The summed E-state index contributed by atoms with van der Waals surface area (Å²) >= 11 is 0. The van der Waals surface area contributed by atoms with Gasteiger partial charge in [-0.3, -0.25) is 9.59 Å². The lowest BCUT2D eigenvalue weighted by Gasteiger charge is -2.42. The normalized spacial score (nSPS) is 36.1. The monoisotopic (exact) mass is 390 g/mol. The molecule has 3 aliphatic rings. The zero-order valence-electron chi connectivity index (χ0n) is 17.3. The van der Waals surface area contributed by atoms with E-state index in [2.05, 4.69) is 25.2 Å². The van der Waals surface area contributed by atoms with Gasteiger partial charge >= 0.3 is 11.9 Å². The molecule has 156 valence electrons. The van der Waals surface area contributed by atoms with Crippen molar-refractivity contribution in [1.82, 2.24) is 0 Å². The van der Waals surface area contributed by atoms with E-state index in [-0.39, 0.29) is 42.4 Å². The summed E-state index contributed by atoms with van der Waals surface area (Å²) in [5.74, 6) is 0.426. The molecule has 1 saturated heterocycles. The molecule has 2 aliphatic carbocycles. The lowest BCUT2D eigenvalue weighted by Crippen LogP contribution is -2.40. The summed E-state index contributed by atoms with van der Waals surface area (Å²) in [5.41, 5.74) is 1.27. The second-order valence-corrected chi connectivity index (χ2v) is 8.76. The van der Waals surface area contributed by atoms with E-state index in [4.69, 9.17) is 9.47 Å². The zero-order chi connectivity index (χ0) is 20.3. The Morgan fingerprint density at radius 3 is 2.89 bits per heavy atom. The predicted molar refractivity (Wildman–Crippen MR) is 106 cm³/mol. The lowest BCUT2D eigenvalue weighted by atomic mass is 9.66. The number of aliphatic hydroxyl groups is 1. The maximum Gasteiger partial charge on any atom is 0.308 e. The van der Waals surface area contributed by atoms with Gasteiger partial charge in [0.2, 0.25) is 0 Å². The fourth-order valence-corrected chi connectivity index (χ4v) is 4.80. The number of esters is 2. The summed E-state index contributed by atoms with van der Waals surface area (Å²) in [4.78, 5) is 24.1. The van der Waals surface area contributed by atoms with E-state index in [1.54, 1.807) is 0 Å². The highest BCUT2D eigenvalue weighted by Crippen LogP contribution is 2.44. The Balaban J connectivity index is 1.70. The predicted octanol–water partition coefficient (Wildman–Crippen LogP) is 3.95. The summed E-state index contributed by atoms with van der Waals surface area (Å²) in [6.07, 6.45) is 10.6. The van der Waals surface area contributed by atoms with Crippen LogP contribution in [0, 0.1) is 23.7 Å². The van der Waals surface area contributed by atoms with Gasteiger partial charge in [-0.1, -0.05) is 39.0 Å². The van der Waals surface area contributed by atoms with Gasteiger partial charge in [0.05, 0.1) is 18.4 Å². The van der Waals surface area contributed by atoms with Crippen molar-refractivity contribution in [3.63, 3.8) is 0 Å². The zero-order valence-corrected chi connectivity index (χ0v) is 17.3. The van der Waals surface area contributed by atoms with Crippen LogP contribution in [0.1, 0.15) is 65.7 Å². The molecule has 0 saturated carbocycles. The highest BCUT2D eigenvalue weighted by molar-refractivity contribution is 5.72. The quantitative estimate of drug-likeness (QED) is 0.695. The highest BCUT2D eigenvalue weighted by atomic mass is 16.5. The van der Waals surface area contributed by atoms with Crippen LogP contribution in [0.25, 0.3) is 0 Å². The SMILES string of the molecule is CC[C@H](C)C(=O)O[C@H]1CCC=C2C=C[C@H](C)[C@H](CC[C@H]3C[C@@H](O)CC(=O)O3)[C@H]21. The van der Waals surface area contributed by atoms with Crippen molar-refractivity contribution >= 4 is 11.9 Å². The van der Waals surface area contributed by atoms with Gasteiger partial charge in [-0.05, 0) is 49.5 Å². The van der Waals surface area contributed by atoms with Crippen LogP contribution >= 0.6 is 0 Å². The van der Waals surface area contributed by atoms with Gasteiger partial charge in [0.1, 0.15) is 12.2 Å². The van der Waals surface area contributed by atoms with Crippen molar-refractivity contribution in [2.75, 3.05) is 0 Å². The highest BCUT2D eigenvalue weighted by Gasteiger charge is 2.40. The molecule has 5 heteroatoms. The fourth-order valence-electron chi connectivity index (χ4n) is 4.80. The molecule has 3 rings (SSSR count). The van der Waals surface area contributed by atoms with Crippen LogP contribution in [-0.2, 0) is 19.1 Å². The second kappa shape index (κ2) is 9.25. The molecule has 0 aromatic rings. The molecule has 1 fully saturated rings. The van der Waals surface area contributed by atoms with E-state index in [1.165, 1.54) is 5.57 Å². The number of hydrogen-bond acceptors (Lipinski definition) is 5. The first kappa shape index (κ1) is 21.1. The summed E-state index contributed by atoms with van der Waals surface area (Å²) in [7, 11) is 0. The molecule has 1 N–H and O–H groups in total. The Labute approximate surface area is 168 Å². The van der Waals surface area contributed by atoms with Crippen molar-refractivity contribution in [3.05, 3.63) is 23.8 Å². The number of cyclic esters (lactones) is 1. The van der Waals surface area contributed by atoms with E-state index in [0.717, 1.165) is 32.1 Å². The Morgan fingerprint density at radius 1 is 1.39 bits per heavy atom. The molecular formula is C23H34O5. The lowest BCUT2D eigenvalue weighted by molar-refractivity contribution is -0.162. The van der Waals surface area contributed by atoms with E-state index in [9.17, 15) is 14.7 Å². The van der Waals surface area contributed by atoms with Crippen molar-refractivity contribution in [2.24, 2.45) is 23.7 Å². The fraction of sp³-hybridized carbons (Fsp3) is 0.739. The van der Waals surface area contributed by atoms with Crippen LogP contribution in [0.2, 0.25) is 0 Å². The molecule has 0 spiro atoms. The molecular weight excluding hydrogens is 356 g/mol. The number of fused-ring (bicyclic) bond motifs is 1. The van der Waals surface area contributed by atoms with Crippen LogP contribution in [0.5, 0.6) is 0 Å². The molecule has 1 heterocycles. The van der Waals surface area contributed by atoms with Crippen molar-refractivity contribution in [1.29, 1.82) is 0 Å². The minimum absolute atomic E-state index is 0.0764. The van der Waals surface area contributed by atoms with Crippen molar-refractivity contribution in [2.45, 2.75) is 84.0 Å². The summed E-state index contributed by atoms with van der Waals surface area (Å²) < 4.78 is 11.4. The molecule has 0 radical (unpaired) electrons. The minimum Gasteiger partial charge on any atom is -0.462 e. The molecule has 0 bridgehead atoms. The first-order chi connectivity index (χ1) is 13.4. The van der Waals surface area contributed by atoms with Gasteiger partial charge in [-0.25, -0.2) is 0 Å². The van der Waals surface area contributed by atoms with Crippen LogP contribution < -0.4 is 0 Å². The molecule has 0 aromatic heterocycles. The smallest absolute Gasteiger partial charge is 0.308 e. The molecule has 0 unspecified atom stereocenters. The molecule has 7 atom stereocenters. The summed E-state index contributed by atoms with van der Waals surface area (Å²) in [6, 6.07) is 0. The van der Waals surface area contributed by atoms with Crippen molar-refractivity contribution < 1.29 is 24.2 Å². The van der Waals surface area contributed by atoms with Crippen LogP contribution in [0.15, 0.2) is 23.8 Å². The van der Waals surface area contributed by atoms with Gasteiger partial charge in [0.25, 0.3) is 0 Å². The third-order valence-electron chi connectivity index (χ3n) is 6.69. The number of hydrogen-bond donors (Lipinski definition) is 1. The second-order valence-electron chi connectivity index (χ2n) is 8.76. The standard InChI is InChI=1S/C23H34O5/c1-4-14(2)23(26)28-20-7-5-6-16-9-8-15(3)19(22(16)20)11-10-18-12-17(24)13-21(25)27-18/h6,8-9,14-15,17-20,22,24H,4-5,7,10-13H2,1-3H3/t14-,15-,17+,18-,19-,20-,22-/m0/s1. The van der Waals surface area contributed by atoms with E-state index < -0.39 is 6.10 Å². The van der Waals surface area contributed by atoms with Gasteiger partial charge in [-0.15, -0.1) is 0 Å². The van der Waals surface area contributed by atoms with E-state index >= 15 is 0 Å². The Morgan fingerprint density at radius 2 is 2.18 bits per heavy atom. The Hall–Kier alpha value is -1.62. The Bertz CT molecular complexity index is 637. The van der Waals surface area contributed by atoms with Gasteiger partial charge in [0, 0.05) is 12.3 Å². The minimum atomic E-state index is -0.593. The van der Waals surface area contributed by atoms with Gasteiger partial charge in [-0.2, -0.15) is 0 Å². The number of carbonyl (C=O) groups is 2. The third kappa shape index (κ3) is 4.86. The third-order valence-corrected chi connectivity index (χ3v) is 6.69.